The van der Waals surface area contributed by atoms with Crippen LogP contribution in [-0.2, 0) is 9.53 Å². The van der Waals surface area contributed by atoms with Crippen LogP contribution in [0, 0.1) is 17.0 Å². The van der Waals surface area contributed by atoms with Crippen LogP contribution < -0.4 is 4.90 Å². The van der Waals surface area contributed by atoms with Crippen molar-refractivity contribution in [2.24, 2.45) is 0 Å². The molecule has 0 N–H and O–H groups in total. The van der Waals surface area contributed by atoms with Gasteiger partial charge in [-0.1, -0.05) is 42.1 Å². The first-order chi connectivity index (χ1) is 14.5. The van der Waals surface area contributed by atoms with Crippen molar-refractivity contribution in [3.8, 4) is 0 Å². The lowest BCUT2D eigenvalue weighted by Gasteiger charge is -2.30. The molecule has 0 aromatic heterocycles. The first kappa shape index (κ1) is 19.7. The van der Waals surface area contributed by atoms with E-state index in [1.807, 2.05) is 48.5 Å². The number of nitro benzene ring substituents is 1. The molecule has 0 aliphatic carbocycles. The molecule has 0 atom stereocenters. The van der Waals surface area contributed by atoms with E-state index in [0.717, 1.165) is 15.9 Å². The van der Waals surface area contributed by atoms with E-state index in [1.54, 1.807) is 18.7 Å². The van der Waals surface area contributed by atoms with Gasteiger partial charge in [-0.2, -0.15) is 0 Å². The number of benzene rings is 3. The molecule has 8 heteroatoms. The first-order valence-electron chi connectivity index (χ1n) is 9.07. The summed E-state index contributed by atoms with van der Waals surface area (Å²) in [5.74, 6) is -1.20. The number of ether oxygens (including phenoxy) is 1. The van der Waals surface area contributed by atoms with Gasteiger partial charge in [0.1, 0.15) is 0 Å². The van der Waals surface area contributed by atoms with Crippen molar-refractivity contribution in [2.45, 2.75) is 16.7 Å². The highest BCUT2D eigenvalue weighted by Crippen LogP contribution is 2.47. The molecule has 150 valence electrons. The molecule has 0 radical (unpaired) electrons. The first-order valence-corrected chi connectivity index (χ1v) is 9.88. The standard InChI is InChI=1S/C22H16N2O5S/c1-14-10-11-15(12-18(14)24(27)28)22(26)29-13-21(25)23-16-6-2-4-8-19(16)30-20-9-5-3-7-17(20)23/h2-12H,13H2,1H3. The van der Waals surface area contributed by atoms with Crippen LogP contribution in [0.2, 0.25) is 0 Å². The zero-order valence-corrected chi connectivity index (χ0v) is 16.7. The molecule has 0 spiro atoms. The summed E-state index contributed by atoms with van der Waals surface area (Å²) in [7, 11) is 0. The Bertz CT molecular complexity index is 1130. The molecular formula is C22H16N2O5S. The van der Waals surface area contributed by atoms with Crippen molar-refractivity contribution in [3.05, 3.63) is 88.0 Å². The summed E-state index contributed by atoms with van der Waals surface area (Å²) in [6, 6.07) is 19.1. The lowest BCUT2D eigenvalue weighted by Crippen LogP contribution is -2.32. The predicted molar refractivity (Wildman–Crippen MR) is 112 cm³/mol. The SMILES string of the molecule is Cc1ccc(C(=O)OCC(=O)N2c3ccccc3Sc3ccccc32)cc1[N+](=O)[O-]. The fraction of sp³-hybridized carbons (Fsp3) is 0.0909. The third-order valence-corrected chi connectivity index (χ3v) is 5.78. The van der Waals surface area contributed by atoms with Crippen molar-refractivity contribution in [1.82, 2.24) is 0 Å². The maximum Gasteiger partial charge on any atom is 0.338 e. The van der Waals surface area contributed by atoms with Crippen molar-refractivity contribution in [3.63, 3.8) is 0 Å². The van der Waals surface area contributed by atoms with Crippen LogP contribution in [0.5, 0.6) is 0 Å². The predicted octanol–water partition coefficient (Wildman–Crippen LogP) is 4.89. The van der Waals surface area contributed by atoms with Crippen LogP contribution in [0.3, 0.4) is 0 Å². The third kappa shape index (κ3) is 3.65. The molecule has 1 heterocycles. The Morgan fingerprint density at radius 3 is 2.20 bits per heavy atom. The molecule has 3 aromatic rings. The Balaban J connectivity index is 1.56. The third-order valence-electron chi connectivity index (χ3n) is 4.65. The molecule has 7 nitrogen and oxygen atoms in total. The van der Waals surface area contributed by atoms with Crippen LogP contribution in [-0.4, -0.2) is 23.4 Å². The van der Waals surface area contributed by atoms with Gasteiger partial charge in [-0.05, 0) is 37.3 Å². The van der Waals surface area contributed by atoms with E-state index in [0.29, 0.717) is 16.9 Å². The quantitative estimate of drug-likeness (QED) is 0.339. The molecule has 1 amide bonds. The highest BCUT2D eigenvalue weighted by molar-refractivity contribution is 7.99. The summed E-state index contributed by atoms with van der Waals surface area (Å²) >= 11 is 1.57. The van der Waals surface area contributed by atoms with Crippen LogP contribution in [0.4, 0.5) is 17.1 Å². The minimum Gasteiger partial charge on any atom is -0.452 e. The molecular weight excluding hydrogens is 404 g/mol. The number of nitro groups is 1. The number of carbonyl (C=O) groups is 2. The van der Waals surface area contributed by atoms with Gasteiger partial charge in [-0.25, -0.2) is 4.79 Å². The van der Waals surface area contributed by atoms with Crippen LogP contribution in [0.15, 0.2) is 76.5 Å². The topological polar surface area (TPSA) is 89.8 Å². The van der Waals surface area contributed by atoms with E-state index >= 15 is 0 Å². The maximum absolute atomic E-state index is 13.0. The molecule has 0 saturated carbocycles. The Labute approximate surface area is 176 Å². The van der Waals surface area contributed by atoms with Gasteiger partial charge in [0.15, 0.2) is 6.61 Å². The number of rotatable bonds is 4. The number of carbonyl (C=O) groups excluding carboxylic acids is 2. The zero-order valence-electron chi connectivity index (χ0n) is 15.9. The number of aryl methyl sites for hydroxylation is 1. The normalized spacial score (nSPS) is 12.0. The summed E-state index contributed by atoms with van der Waals surface area (Å²) in [5.41, 5.74) is 1.72. The van der Waals surface area contributed by atoms with Crippen LogP contribution >= 0.6 is 11.8 Å². The number of anilines is 2. The average molecular weight is 420 g/mol. The summed E-state index contributed by atoms with van der Waals surface area (Å²) < 4.78 is 5.19. The van der Waals surface area contributed by atoms with Crippen molar-refractivity contribution < 1.29 is 19.2 Å². The Hall–Kier alpha value is -3.65. The summed E-state index contributed by atoms with van der Waals surface area (Å²) in [6.07, 6.45) is 0. The molecule has 0 unspecified atom stereocenters. The number of esters is 1. The summed E-state index contributed by atoms with van der Waals surface area (Å²) in [4.78, 5) is 39.3. The second-order valence-electron chi connectivity index (χ2n) is 6.60. The zero-order chi connectivity index (χ0) is 21.3. The average Bonchev–Trinajstić information content (AvgIpc) is 2.75. The molecule has 0 fully saturated rings. The molecule has 0 bridgehead atoms. The summed E-state index contributed by atoms with van der Waals surface area (Å²) in [6.45, 7) is 1.09. The number of fused-ring (bicyclic) bond motifs is 2. The van der Waals surface area contributed by atoms with Crippen molar-refractivity contribution >= 4 is 40.7 Å². The van der Waals surface area contributed by atoms with Gasteiger partial charge >= 0.3 is 5.97 Å². The van der Waals surface area contributed by atoms with Crippen LogP contribution in [0.1, 0.15) is 15.9 Å². The van der Waals surface area contributed by atoms with E-state index in [1.165, 1.54) is 17.0 Å². The minimum atomic E-state index is -0.792. The van der Waals surface area contributed by atoms with Gasteiger partial charge in [0.25, 0.3) is 11.6 Å². The Morgan fingerprint density at radius 1 is 1.00 bits per heavy atom. The van der Waals surface area contributed by atoms with E-state index in [-0.39, 0.29) is 11.3 Å². The van der Waals surface area contributed by atoms with Gasteiger partial charge in [-0.3, -0.25) is 19.8 Å². The number of para-hydroxylation sites is 2. The number of hydrogen-bond acceptors (Lipinski definition) is 6. The summed E-state index contributed by atoms with van der Waals surface area (Å²) in [5, 5.41) is 11.1. The van der Waals surface area contributed by atoms with Gasteiger partial charge in [0, 0.05) is 21.4 Å². The van der Waals surface area contributed by atoms with Crippen LogP contribution in [0.25, 0.3) is 0 Å². The van der Waals surface area contributed by atoms with Gasteiger partial charge < -0.3 is 4.74 Å². The van der Waals surface area contributed by atoms with Gasteiger partial charge in [0.05, 0.1) is 21.9 Å². The highest BCUT2D eigenvalue weighted by Gasteiger charge is 2.28. The maximum atomic E-state index is 13.0. The molecule has 30 heavy (non-hydrogen) atoms. The second-order valence-corrected chi connectivity index (χ2v) is 7.68. The smallest absolute Gasteiger partial charge is 0.338 e. The Morgan fingerprint density at radius 2 is 1.60 bits per heavy atom. The van der Waals surface area contributed by atoms with E-state index < -0.39 is 23.4 Å². The lowest BCUT2D eigenvalue weighted by atomic mass is 10.1. The fourth-order valence-electron chi connectivity index (χ4n) is 3.18. The number of hydrogen-bond donors (Lipinski definition) is 0. The molecule has 0 saturated heterocycles. The van der Waals surface area contributed by atoms with E-state index in [9.17, 15) is 19.7 Å². The van der Waals surface area contributed by atoms with E-state index in [2.05, 4.69) is 0 Å². The lowest BCUT2D eigenvalue weighted by molar-refractivity contribution is -0.385. The second kappa shape index (κ2) is 8.00. The number of amides is 1. The van der Waals surface area contributed by atoms with Crippen molar-refractivity contribution in [1.29, 1.82) is 0 Å². The monoisotopic (exact) mass is 420 g/mol. The van der Waals surface area contributed by atoms with Gasteiger partial charge in [0.2, 0.25) is 0 Å². The van der Waals surface area contributed by atoms with Gasteiger partial charge in [-0.15, -0.1) is 0 Å². The minimum absolute atomic E-state index is 0.0232. The molecule has 4 rings (SSSR count). The van der Waals surface area contributed by atoms with E-state index in [4.69, 9.17) is 4.74 Å². The Kier molecular flexibility index (Phi) is 5.24. The fourth-order valence-corrected chi connectivity index (χ4v) is 4.24. The highest BCUT2D eigenvalue weighted by atomic mass is 32.2. The molecule has 1 aliphatic heterocycles. The largest absolute Gasteiger partial charge is 0.452 e. The number of nitrogens with zero attached hydrogens (tertiary/aromatic N) is 2. The van der Waals surface area contributed by atoms with Crippen molar-refractivity contribution in [2.75, 3.05) is 11.5 Å². The molecule has 3 aromatic carbocycles. The molecule has 1 aliphatic rings.